The maximum Gasteiger partial charge on any atom is 0.292 e. The molecule has 0 atom stereocenters. The molecule has 0 unspecified atom stereocenters. The number of rotatable bonds is 3. The van der Waals surface area contributed by atoms with Crippen LogP contribution in [0.4, 0.5) is 11.4 Å². The quantitative estimate of drug-likeness (QED) is 0.379. The fourth-order valence-corrected chi connectivity index (χ4v) is 1.62. The molecule has 0 aliphatic rings. The van der Waals surface area contributed by atoms with Crippen molar-refractivity contribution in [2.45, 2.75) is 0 Å². The van der Waals surface area contributed by atoms with Gasteiger partial charge in [-0.15, -0.1) is 0 Å². The number of anilines is 1. The lowest BCUT2D eigenvalue weighted by molar-refractivity contribution is -0.383. The van der Waals surface area contributed by atoms with Crippen molar-refractivity contribution in [2.75, 3.05) is 5.73 Å². The molecule has 0 fully saturated rings. The Balaban J connectivity index is 2.42. The lowest BCUT2D eigenvalue weighted by Gasteiger charge is -2.03. The first kappa shape index (κ1) is 12.6. The highest BCUT2D eigenvalue weighted by molar-refractivity contribution is 6.09. The van der Waals surface area contributed by atoms with Crippen LogP contribution in [0, 0.1) is 10.1 Å². The largest absolute Gasteiger partial charge is 0.508 e. The number of ketones is 1. The average Bonchev–Trinajstić information content (AvgIpc) is 2.39. The summed E-state index contributed by atoms with van der Waals surface area (Å²) in [5.41, 5.74) is 5.67. The zero-order chi connectivity index (χ0) is 14.0. The Morgan fingerprint density at radius 3 is 2.26 bits per heavy atom. The lowest BCUT2D eigenvalue weighted by Crippen LogP contribution is -2.03. The normalized spacial score (nSPS) is 10.1. The standard InChI is InChI=1S/C13H10N2O4/c14-11-6-3-9(7-12(11)15(18)19)13(17)8-1-4-10(16)5-2-8/h1-7,16H,14H2. The molecule has 0 amide bonds. The van der Waals surface area contributed by atoms with E-state index in [1.165, 1.54) is 36.4 Å². The Morgan fingerprint density at radius 2 is 1.68 bits per heavy atom. The molecule has 0 saturated heterocycles. The van der Waals surface area contributed by atoms with Gasteiger partial charge < -0.3 is 10.8 Å². The van der Waals surface area contributed by atoms with Crippen LogP contribution in [-0.4, -0.2) is 15.8 Å². The minimum Gasteiger partial charge on any atom is -0.508 e. The van der Waals surface area contributed by atoms with Crippen molar-refractivity contribution < 1.29 is 14.8 Å². The van der Waals surface area contributed by atoms with E-state index in [4.69, 9.17) is 10.8 Å². The van der Waals surface area contributed by atoms with Crippen LogP contribution in [0.5, 0.6) is 5.75 Å². The highest BCUT2D eigenvalue weighted by Gasteiger charge is 2.16. The lowest BCUT2D eigenvalue weighted by atomic mass is 10.0. The summed E-state index contributed by atoms with van der Waals surface area (Å²) in [5, 5.41) is 19.9. The second kappa shape index (κ2) is 4.77. The number of nitrogen functional groups attached to an aromatic ring is 1. The summed E-state index contributed by atoms with van der Waals surface area (Å²) in [5.74, 6) is -0.331. The minimum atomic E-state index is -0.636. The number of aromatic hydroxyl groups is 1. The molecule has 19 heavy (non-hydrogen) atoms. The van der Waals surface area contributed by atoms with Gasteiger partial charge in [-0.1, -0.05) is 0 Å². The van der Waals surface area contributed by atoms with E-state index >= 15 is 0 Å². The molecule has 0 aromatic heterocycles. The van der Waals surface area contributed by atoms with E-state index < -0.39 is 4.92 Å². The van der Waals surface area contributed by atoms with Crippen molar-refractivity contribution >= 4 is 17.2 Å². The van der Waals surface area contributed by atoms with E-state index in [9.17, 15) is 14.9 Å². The number of carbonyl (C=O) groups excluding carboxylic acids is 1. The fourth-order valence-electron chi connectivity index (χ4n) is 1.62. The summed E-state index contributed by atoms with van der Waals surface area (Å²) in [4.78, 5) is 22.2. The highest BCUT2D eigenvalue weighted by atomic mass is 16.6. The van der Waals surface area contributed by atoms with Gasteiger partial charge in [0.1, 0.15) is 11.4 Å². The third kappa shape index (κ3) is 2.52. The van der Waals surface area contributed by atoms with E-state index in [1.807, 2.05) is 0 Å². The number of phenols is 1. The molecule has 0 radical (unpaired) electrons. The zero-order valence-corrected chi connectivity index (χ0v) is 9.74. The summed E-state index contributed by atoms with van der Waals surface area (Å²) in [6, 6.07) is 9.53. The molecule has 2 rings (SSSR count). The monoisotopic (exact) mass is 258 g/mol. The van der Waals surface area contributed by atoms with Gasteiger partial charge in [-0.2, -0.15) is 0 Å². The van der Waals surface area contributed by atoms with Gasteiger partial charge >= 0.3 is 0 Å². The molecule has 2 aromatic rings. The maximum atomic E-state index is 12.1. The SMILES string of the molecule is Nc1ccc(C(=O)c2ccc(O)cc2)cc1[N+](=O)[O-]. The van der Waals surface area contributed by atoms with Crippen molar-refractivity contribution in [3.05, 3.63) is 63.7 Å². The first-order valence-electron chi connectivity index (χ1n) is 5.36. The zero-order valence-electron chi connectivity index (χ0n) is 9.74. The number of nitrogens with zero attached hydrogens (tertiary/aromatic N) is 1. The highest BCUT2D eigenvalue weighted by Crippen LogP contribution is 2.24. The fraction of sp³-hybridized carbons (Fsp3) is 0. The van der Waals surface area contributed by atoms with Crippen LogP contribution in [0.3, 0.4) is 0 Å². The summed E-state index contributed by atoms with van der Waals surface area (Å²) >= 11 is 0. The first-order chi connectivity index (χ1) is 8.99. The predicted molar refractivity (Wildman–Crippen MR) is 69.0 cm³/mol. The third-order valence-corrected chi connectivity index (χ3v) is 2.62. The smallest absolute Gasteiger partial charge is 0.292 e. The van der Waals surface area contributed by atoms with Crippen molar-refractivity contribution in [3.8, 4) is 5.75 Å². The van der Waals surface area contributed by atoms with Gasteiger partial charge in [0.2, 0.25) is 0 Å². The van der Waals surface area contributed by atoms with Crippen LogP contribution in [0.15, 0.2) is 42.5 Å². The van der Waals surface area contributed by atoms with Gasteiger partial charge in [0, 0.05) is 17.2 Å². The van der Waals surface area contributed by atoms with Crippen molar-refractivity contribution in [3.63, 3.8) is 0 Å². The molecule has 0 aliphatic carbocycles. The Labute approximate surface area is 108 Å². The Morgan fingerprint density at radius 1 is 1.11 bits per heavy atom. The molecule has 0 bridgehead atoms. The summed E-state index contributed by atoms with van der Waals surface area (Å²) < 4.78 is 0. The topological polar surface area (TPSA) is 106 Å². The molecular formula is C13H10N2O4. The summed E-state index contributed by atoms with van der Waals surface area (Å²) in [6.07, 6.45) is 0. The van der Waals surface area contributed by atoms with Crippen molar-refractivity contribution in [1.29, 1.82) is 0 Å². The Hall–Kier alpha value is -2.89. The first-order valence-corrected chi connectivity index (χ1v) is 5.36. The molecule has 2 aromatic carbocycles. The van der Waals surface area contributed by atoms with Crippen LogP contribution in [-0.2, 0) is 0 Å². The van der Waals surface area contributed by atoms with Crippen LogP contribution >= 0.6 is 0 Å². The van der Waals surface area contributed by atoms with Gasteiger partial charge in [-0.25, -0.2) is 0 Å². The van der Waals surface area contributed by atoms with Crippen molar-refractivity contribution in [1.82, 2.24) is 0 Å². The molecular weight excluding hydrogens is 248 g/mol. The molecule has 6 nitrogen and oxygen atoms in total. The number of nitro benzene ring substituents is 1. The number of nitrogens with two attached hydrogens (primary N) is 1. The Kier molecular flexibility index (Phi) is 3.15. The van der Waals surface area contributed by atoms with Crippen LogP contribution in [0.1, 0.15) is 15.9 Å². The minimum absolute atomic E-state index is 0.00672. The number of carbonyl (C=O) groups is 1. The van der Waals surface area contributed by atoms with Crippen molar-refractivity contribution in [2.24, 2.45) is 0 Å². The molecule has 0 spiro atoms. The molecule has 0 heterocycles. The third-order valence-electron chi connectivity index (χ3n) is 2.62. The second-order valence-corrected chi connectivity index (χ2v) is 3.91. The van der Waals surface area contributed by atoms with E-state index in [-0.39, 0.29) is 28.5 Å². The number of phenolic OH excluding ortho intramolecular Hbond substituents is 1. The van der Waals surface area contributed by atoms with Gasteiger partial charge in [0.05, 0.1) is 4.92 Å². The van der Waals surface area contributed by atoms with Gasteiger partial charge in [-0.05, 0) is 36.4 Å². The summed E-state index contributed by atoms with van der Waals surface area (Å²) in [7, 11) is 0. The number of hydrogen-bond acceptors (Lipinski definition) is 5. The van der Waals surface area contributed by atoms with Gasteiger partial charge in [-0.3, -0.25) is 14.9 Å². The van der Waals surface area contributed by atoms with E-state index in [0.717, 1.165) is 6.07 Å². The van der Waals surface area contributed by atoms with Crippen LogP contribution in [0.2, 0.25) is 0 Å². The average molecular weight is 258 g/mol. The van der Waals surface area contributed by atoms with Crippen LogP contribution < -0.4 is 5.73 Å². The molecule has 3 N–H and O–H groups in total. The van der Waals surface area contributed by atoms with E-state index in [2.05, 4.69) is 0 Å². The van der Waals surface area contributed by atoms with E-state index in [0.29, 0.717) is 5.56 Å². The van der Waals surface area contributed by atoms with Gasteiger partial charge in [0.15, 0.2) is 5.78 Å². The molecule has 0 aliphatic heterocycles. The molecule has 0 saturated carbocycles. The second-order valence-electron chi connectivity index (χ2n) is 3.91. The number of nitro groups is 1. The number of benzene rings is 2. The maximum absolute atomic E-state index is 12.1. The number of hydrogen-bond donors (Lipinski definition) is 2. The van der Waals surface area contributed by atoms with Gasteiger partial charge in [0.25, 0.3) is 5.69 Å². The molecule has 96 valence electrons. The Bertz CT molecular complexity index is 650. The summed E-state index contributed by atoms with van der Waals surface area (Å²) in [6.45, 7) is 0. The van der Waals surface area contributed by atoms with Crippen LogP contribution in [0.25, 0.3) is 0 Å². The predicted octanol–water partition coefficient (Wildman–Crippen LogP) is 2.11. The van der Waals surface area contributed by atoms with E-state index in [1.54, 1.807) is 0 Å². The molecule has 6 heteroatoms.